The Morgan fingerprint density at radius 1 is 1.20 bits per heavy atom. The van der Waals surface area contributed by atoms with Crippen LogP contribution >= 0.6 is 0 Å². The van der Waals surface area contributed by atoms with Crippen molar-refractivity contribution in [3.63, 3.8) is 0 Å². The third-order valence-electron chi connectivity index (χ3n) is 0.854. The van der Waals surface area contributed by atoms with Gasteiger partial charge in [-0.05, 0) is 20.8 Å². The van der Waals surface area contributed by atoms with E-state index >= 15 is 0 Å². The van der Waals surface area contributed by atoms with Crippen molar-refractivity contribution in [1.82, 2.24) is 0 Å². The molecule has 0 radical (unpaired) electrons. The zero-order chi connectivity index (χ0) is 8.04. The monoisotopic (exact) mass is 148 g/mol. The predicted molar refractivity (Wildman–Crippen MR) is 38.7 cm³/mol. The first-order chi connectivity index (χ1) is 4.56. The molecule has 0 atom stereocenters. The van der Waals surface area contributed by atoms with Crippen LogP contribution in [-0.4, -0.2) is 30.7 Å². The minimum atomic E-state index is -0.229. The molecule has 0 aliphatic heterocycles. The van der Waals surface area contributed by atoms with E-state index in [2.05, 4.69) is 4.74 Å². The van der Waals surface area contributed by atoms with Gasteiger partial charge in [0.2, 0.25) is 0 Å². The fraction of sp³-hybridized carbons (Fsp3) is 1.00. The van der Waals surface area contributed by atoms with Crippen molar-refractivity contribution in [2.75, 3.05) is 20.0 Å². The molecule has 62 valence electrons. The average molecular weight is 148 g/mol. The number of ether oxygens (including phenoxy) is 2. The zero-order valence-electron chi connectivity index (χ0n) is 6.89. The van der Waals surface area contributed by atoms with Crippen molar-refractivity contribution in [3.05, 3.63) is 0 Å². The number of hydrogen-bond donors (Lipinski definition) is 1. The maximum atomic E-state index is 8.22. The lowest BCUT2D eigenvalue weighted by atomic mass is 10.2. The van der Waals surface area contributed by atoms with Crippen molar-refractivity contribution < 1.29 is 14.6 Å². The Kier molecular flexibility index (Phi) is 4.60. The molecule has 0 bridgehead atoms. The molecule has 0 spiro atoms. The Morgan fingerprint density at radius 2 is 1.80 bits per heavy atom. The molecule has 0 aliphatic rings. The summed E-state index contributed by atoms with van der Waals surface area (Å²) in [7, 11) is 0. The fourth-order valence-electron chi connectivity index (χ4n) is 0.471. The minimum absolute atomic E-state index is 0.112. The van der Waals surface area contributed by atoms with Gasteiger partial charge >= 0.3 is 0 Å². The summed E-state index contributed by atoms with van der Waals surface area (Å²) in [6.45, 7) is 6.69. The second-order valence-corrected chi connectivity index (χ2v) is 3.00. The van der Waals surface area contributed by atoms with Crippen LogP contribution < -0.4 is 0 Å². The molecule has 3 heteroatoms. The molecule has 10 heavy (non-hydrogen) atoms. The SMILES string of the molecule is CC(C)(C)OCCOCO. The van der Waals surface area contributed by atoms with E-state index in [9.17, 15) is 0 Å². The largest absolute Gasteiger partial charge is 0.373 e. The maximum absolute atomic E-state index is 8.22. The van der Waals surface area contributed by atoms with Crippen LogP contribution in [0.1, 0.15) is 20.8 Å². The highest BCUT2D eigenvalue weighted by molar-refractivity contribution is 4.57. The van der Waals surface area contributed by atoms with Crippen LogP contribution in [0.5, 0.6) is 0 Å². The number of hydrogen-bond acceptors (Lipinski definition) is 3. The first-order valence-electron chi connectivity index (χ1n) is 3.39. The summed E-state index contributed by atoms with van der Waals surface area (Å²) >= 11 is 0. The van der Waals surface area contributed by atoms with E-state index in [0.717, 1.165) is 0 Å². The van der Waals surface area contributed by atoms with Crippen molar-refractivity contribution in [1.29, 1.82) is 0 Å². The number of rotatable bonds is 4. The molecule has 0 unspecified atom stereocenters. The Labute approximate surface area is 62.0 Å². The van der Waals surface area contributed by atoms with Crippen LogP contribution in [0.15, 0.2) is 0 Å². The molecule has 0 rings (SSSR count). The highest BCUT2D eigenvalue weighted by Gasteiger charge is 2.08. The molecule has 3 nitrogen and oxygen atoms in total. The highest BCUT2D eigenvalue weighted by Crippen LogP contribution is 2.05. The van der Waals surface area contributed by atoms with E-state index in [4.69, 9.17) is 9.84 Å². The van der Waals surface area contributed by atoms with Crippen molar-refractivity contribution >= 4 is 0 Å². The molecule has 0 aliphatic carbocycles. The highest BCUT2D eigenvalue weighted by atomic mass is 16.6. The zero-order valence-corrected chi connectivity index (χ0v) is 6.89. The van der Waals surface area contributed by atoms with E-state index in [0.29, 0.717) is 13.2 Å². The fourth-order valence-corrected chi connectivity index (χ4v) is 0.471. The summed E-state index contributed by atoms with van der Waals surface area (Å²) in [5.74, 6) is 0. The average Bonchev–Trinajstić information content (AvgIpc) is 1.78. The number of aliphatic hydroxyl groups is 1. The predicted octanol–water partition coefficient (Wildman–Crippen LogP) is 0.768. The third kappa shape index (κ3) is 7.88. The molecule has 0 heterocycles. The van der Waals surface area contributed by atoms with Crippen LogP contribution in [0.3, 0.4) is 0 Å². The lowest BCUT2D eigenvalue weighted by Gasteiger charge is -2.18. The van der Waals surface area contributed by atoms with E-state index in [1.54, 1.807) is 0 Å². The van der Waals surface area contributed by atoms with Crippen LogP contribution in [0.4, 0.5) is 0 Å². The van der Waals surface area contributed by atoms with Crippen LogP contribution in [0, 0.1) is 0 Å². The van der Waals surface area contributed by atoms with Gasteiger partial charge < -0.3 is 14.6 Å². The van der Waals surface area contributed by atoms with Gasteiger partial charge in [-0.3, -0.25) is 0 Å². The van der Waals surface area contributed by atoms with E-state index in [-0.39, 0.29) is 12.4 Å². The van der Waals surface area contributed by atoms with Crippen LogP contribution in [0.2, 0.25) is 0 Å². The first-order valence-corrected chi connectivity index (χ1v) is 3.39. The second kappa shape index (κ2) is 4.66. The summed E-state index contributed by atoms with van der Waals surface area (Å²) in [5.41, 5.74) is -0.112. The van der Waals surface area contributed by atoms with E-state index in [1.165, 1.54) is 0 Å². The molecule has 0 fully saturated rings. The molecule has 0 saturated carbocycles. The molecular formula is C7H16O3. The van der Waals surface area contributed by atoms with E-state index in [1.807, 2.05) is 20.8 Å². The lowest BCUT2D eigenvalue weighted by molar-refractivity contribution is -0.0658. The van der Waals surface area contributed by atoms with Gasteiger partial charge in [0.25, 0.3) is 0 Å². The molecule has 0 aromatic carbocycles. The topological polar surface area (TPSA) is 38.7 Å². The van der Waals surface area contributed by atoms with Crippen LogP contribution in [-0.2, 0) is 9.47 Å². The van der Waals surface area contributed by atoms with Crippen molar-refractivity contribution in [2.24, 2.45) is 0 Å². The summed E-state index contributed by atoms with van der Waals surface area (Å²) in [6.07, 6.45) is 0. The second-order valence-electron chi connectivity index (χ2n) is 3.00. The Hall–Kier alpha value is -0.120. The van der Waals surface area contributed by atoms with Gasteiger partial charge in [-0.15, -0.1) is 0 Å². The summed E-state index contributed by atoms with van der Waals surface area (Å²) in [6, 6.07) is 0. The summed E-state index contributed by atoms with van der Waals surface area (Å²) in [4.78, 5) is 0. The smallest absolute Gasteiger partial charge is 0.143 e. The van der Waals surface area contributed by atoms with Gasteiger partial charge in [0.05, 0.1) is 18.8 Å². The Balaban J connectivity index is 3.04. The maximum Gasteiger partial charge on any atom is 0.143 e. The Morgan fingerprint density at radius 3 is 2.20 bits per heavy atom. The minimum Gasteiger partial charge on any atom is -0.373 e. The Bertz CT molecular complexity index is 75.4. The van der Waals surface area contributed by atoms with Crippen molar-refractivity contribution in [3.8, 4) is 0 Å². The van der Waals surface area contributed by atoms with Gasteiger partial charge in [-0.25, -0.2) is 0 Å². The summed E-state index contributed by atoms with van der Waals surface area (Å²) in [5, 5.41) is 8.22. The molecule has 1 N–H and O–H groups in total. The van der Waals surface area contributed by atoms with Gasteiger partial charge in [-0.1, -0.05) is 0 Å². The van der Waals surface area contributed by atoms with Crippen molar-refractivity contribution in [2.45, 2.75) is 26.4 Å². The third-order valence-corrected chi connectivity index (χ3v) is 0.854. The molecule has 0 saturated heterocycles. The molecule has 0 amide bonds. The van der Waals surface area contributed by atoms with Gasteiger partial charge in [0.15, 0.2) is 0 Å². The normalized spacial score (nSPS) is 12.0. The van der Waals surface area contributed by atoms with Gasteiger partial charge in [-0.2, -0.15) is 0 Å². The summed E-state index contributed by atoms with van der Waals surface area (Å²) < 4.78 is 9.95. The molecule has 0 aromatic rings. The number of aliphatic hydroxyl groups excluding tert-OH is 1. The quantitative estimate of drug-likeness (QED) is 0.472. The standard InChI is InChI=1S/C7H16O3/c1-7(2,3)10-5-4-9-6-8/h8H,4-6H2,1-3H3. The van der Waals surface area contributed by atoms with Gasteiger partial charge in [0, 0.05) is 0 Å². The molecule has 0 aromatic heterocycles. The van der Waals surface area contributed by atoms with Crippen LogP contribution in [0.25, 0.3) is 0 Å². The van der Waals surface area contributed by atoms with E-state index < -0.39 is 0 Å². The first kappa shape index (κ1) is 9.88. The van der Waals surface area contributed by atoms with Gasteiger partial charge in [0.1, 0.15) is 6.79 Å². The lowest BCUT2D eigenvalue weighted by Crippen LogP contribution is -2.21. The molecular weight excluding hydrogens is 132 g/mol.